The van der Waals surface area contributed by atoms with Crippen LogP contribution in [-0.4, -0.2) is 38.6 Å². The first kappa shape index (κ1) is 20.7. The molecule has 0 bridgehead atoms. The summed E-state index contributed by atoms with van der Waals surface area (Å²) in [5.41, 5.74) is 0.616. The van der Waals surface area contributed by atoms with Gasteiger partial charge in [0.1, 0.15) is 18.1 Å². The van der Waals surface area contributed by atoms with Crippen LogP contribution in [0, 0.1) is 25.1 Å². The third-order valence-electron chi connectivity index (χ3n) is 5.28. The monoisotopic (exact) mass is 437 g/mol. The van der Waals surface area contributed by atoms with Crippen molar-refractivity contribution in [3.63, 3.8) is 0 Å². The summed E-state index contributed by atoms with van der Waals surface area (Å²) in [6.07, 6.45) is 0. The second-order valence-electron chi connectivity index (χ2n) is 8.26. The molecule has 1 fully saturated rings. The number of benzene rings is 1. The molecule has 2 aliphatic rings. The predicted octanol–water partition coefficient (Wildman–Crippen LogP) is 2.52. The zero-order valence-electron chi connectivity index (χ0n) is 17.0. The average molecular weight is 437 g/mol. The highest BCUT2D eigenvalue weighted by molar-refractivity contribution is 7.92. The summed E-state index contributed by atoms with van der Waals surface area (Å²) >= 11 is 0. The number of sulfonamides is 1. The van der Waals surface area contributed by atoms with E-state index in [9.17, 15) is 17.6 Å². The number of hydrogen-bond acceptors (Lipinski definition) is 6. The third kappa shape index (κ3) is 3.77. The van der Waals surface area contributed by atoms with Gasteiger partial charge >= 0.3 is 0 Å². The molecule has 162 valence electrons. The van der Waals surface area contributed by atoms with E-state index in [4.69, 9.17) is 9.47 Å². The molecule has 2 N–H and O–H groups in total. The van der Waals surface area contributed by atoms with Gasteiger partial charge in [-0.15, -0.1) is 0 Å². The molecule has 8 nitrogen and oxygen atoms in total. The molecule has 1 aromatic heterocycles. The van der Waals surface area contributed by atoms with E-state index in [2.05, 4.69) is 10.0 Å². The van der Waals surface area contributed by atoms with Gasteiger partial charge in [0.05, 0.1) is 36.9 Å². The first-order valence-corrected chi connectivity index (χ1v) is 11.3. The molecule has 10 heteroatoms. The molecule has 1 aromatic carbocycles. The summed E-state index contributed by atoms with van der Waals surface area (Å²) < 4.78 is 55.0. The van der Waals surface area contributed by atoms with E-state index < -0.39 is 21.3 Å². The number of aromatic nitrogens is 1. The molecule has 0 spiro atoms. The number of aryl methyl sites for hydroxylation is 1. The lowest BCUT2D eigenvalue weighted by Gasteiger charge is -2.37. The first-order chi connectivity index (χ1) is 14.1. The van der Waals surface area contributed by atoms with E-state index in [-0.39, 0.29) is 46.4 Å². The van der Waals surface area contributed by atoms with E-state index in [0.29, 0.717) is 19.8 Å². The largest absolute Gasteiger partial charge is 0.475 e. The van der Waals surface area contributed by atoms with Gasteiger partial charge in [0, 0.05) is 11.0 Å². The van der Waals surface area contributed by atoms with Crippen molar-refractivity contribution in [2.45, 2.75) is 27.3 Å². The maximum absolute atomic E-state index is 14.5. The number of pyridine rings is 1. The molecular formula is C20H24FN3O5S. The molecule has 1 saturated heterocycles. The summed E-state index contributed by atoms with van der Waals surface area (Å²) in [5, 5.41) is 2.90. The van der Waals surface area contributed by atoms with Crippen molar-refractivity contribution in [1.82, 2.24) is 4.57 Å². The second-order valence-corrected chi connectivity index (χ2v) is 9.98. The number of anilines is 3. The van der Waals surface area contributed by atoms with Crippen LogP contribution in [0.2, 0.25) is 0 Å². The number of halogens is 1. The average Bonchev–Trinajstić information content (AvgIpc) is 3.12. The maximum Gasteiger partial charge on any atom is 0.258 e. The zero-order valence-corrected chi connectivity index (χ0v) is 17.9. The molecule has 0 atom stereocenters. The fourth-order valence-corrected chi connectivity index (χ4v) is 5.37. The van der Waals surface area contributed by atoms with Crippen LogP contribution >= 0.6 is 0 Å². The Morgan fingerprint density at radius 1 is 1.23 bits per heavy atom. The number of rotatable bonds is 6. The Kier molecular flexibility index (Phi) is 5.01. The molecule has 4 rings (SSSR count). The van der Waals surface area contributed by atoms with Crippen molar-refractivity contribution in [2.75, 3.05) is 35.6 Å². The summed E-state index contributed by atoms with van der Waals surface area (Å²) in [5.74, 6) is -0.529. The number of nitrogens with one attached hydrogen (secondary N) is 2. The summed E-state index contributed by atoms with van der Waals surface area (Å²) in [6, 6.07) is 4.62. The lowest BCUT2D eigenvalue weighted by atomic mass is 9.92. The van der Waals surface area contributed by atoms with E-state index in [0.717, 1.165) is 5.56 Å². The minimum Gasteiger partial charge on any atom is -0.475 e. The fourth-order valence-electron chi connectivity index (χ4n) is 3.71. The van der Waals surface area contributed by atoms with Crippen molar-refractivity contribution in [3.8, 4) is 5.88 Å². The Morgan fingerprint density at radius 2 is 1.97 bits per heavy atom. The van der Waals surface area contributed by atoms with Gasteiger partial charge in [-0.25, -0.2) is 12.8 Å². The van der Waals surface area contributed by atoms with Gasteiger partial charge in [-0.05, 0) is 31.5 Å². The molecule has 0 saturated carbocycles. The lowest BCUT2D eigenvalue weighted by molar-refractivity contribution is -0.0869. The van der Waals surface area contributed by atoms with Gasteiger partial charge < -0.3 is 14.8 Å². The van der Waals surface area contributed by atoms with Gasteiger partial charge in [0.2, 0.25) is 15.9 Å². The number of fused-ring (bicyclic) bond motifs is 1. The summed E-state index contributed by atoms with van der Waals surface area (Å²) in [4.78, 5) is 12.8. The third-order valence-corrected chi connectivity index (χ3v) is 6.88. The van der Waals surface area contributed by atoms with Crippen molar-refractivity contribution >= 4 is 27.1 Å². The van der Waals surface area contributed by atoms with E-state index in [1.54, 1.807) is 26.0 Å². The Morgan fingerprint density at radius 3 is 2.60 bits per heavy atom. The first-order valence-electron chi connectivity index (χ1n) is 9.60. The topological polar surface area (TPSA) is 98.7 Å². The van der Waals surface area contributed by atoms with Crippen LogP contribution in [0.4, 0.5) is 21.5 Å². The molecule has 3 heterocycles. The van der Waals surface area contributed by atoms with Crippen LogP contribution in [0.5, 0.6) is 5.88 Å². The highest BCUT2D eigenvalue weighted by Gasteiger charge is 2.39. The molecule has 30 heavy (non-hydrogen) atoms. The molecule has 2 aliphatic heterocycles. The van der Waals surface area contributed by atoms with Crippen molar-refractivity contribution < 1.29 is 22.3 Å². The Labute approximate surface area is 174 Å². The molecule has 2 aromatic rings. The van der Waals surface area contributed by atoms with E-state index in [1.165, 1.54) is 10.6 Å². The number of ether oxygens (including phenoxy) is 2. The smallest absolute Gasteiger partial charge is 0.258 e. The SMILES string of the molecule is Cc1ccc(Nc2c(NS(=O)(=O)CC3(C)COC3)c3n(c(=O)c2C)CCO3)c(F)c1. The number of nitrogens with zero attached hydrogens (tertiary/aromatic N) is 1. The van der Waals surface area contributed by atoms with E-state index in [1.807, 2.05) is 6.92 Å². The van der Waals surface area contributed by atoms with Gasteiger partial charge in [-0.1, -0.05) is 13.0 Å². The van der Waals surface area contributed by atoms with Crippen LogP contribution in [0.25, 0.3) is 0 Å². The highest BCUT2D eigenvalue weighted by Crippen LogP contribution is 2.39. The highest BCUT2D eigenvalue weighted by atomic mass is 32.2. The van der Waals surface area contributed by atoms with Crippen molar-refractivity contribution in [2.24, 2.45) is 5.41 Å². The van der Waals surface area contributed by atoms with Crippen molar-refractivity contribution in [1.29, 1.82) is 0 Å². The normalized spacial score (nSPS) is 17.1. The molecule has 0 aliphatic carbocycles. The predicted molar refractivity (Wildman–Crippen MR) is 112 cm³/mol. The number of hydrogen-bond donors (Lipinski definition) is 2. The van der Waals surface area contributed by atoms with Crippen LogP contribution in [0.3, 0.4) is 0 Å². The van der Waals surface area contributed by atoms with E-state index >= 15 is 0 Å². The molecular weight excluding hydrogens is 413 g/mol. The van der Waals surface area contributed by atoms with Crippen LogP contribution < -0.4 is 20.3 Å². The fraction of sp³-hybridized carbons (Fsp3) is 0.450. The summed E-state index contributed by atoms with van der Waals surface area (Å²) in [6.45, 7) is 6.44. The molecule has 0 radical (unpaired) electrons. The van der Waals surface area contributed by atoms with Gasteiger partial charge in [0.25, 0.3) is 5.56 Å². The molecule has 0 amide bonds. The maximum atomic E-state index is 14.5. The minimum atomic E-state index is -3.80. The Balaban J connectivity index is 1.79. The van der Waals surface area contributed by atoms with Crippen molar-refractivity contribution in [3.05, 3.63) is 45.5 Å². The van der Waals surface area contributed by atoms with Gasteiger partial charge in [-0.3, -0.25) is 14.1 Å². The zero-order chi connectivity index (χ0) is 21.7. The van der Waals surface area contributed by atoms with Gasteiger partial charge in [0.15, 0.2) is 0 Å². The molecule has 0 unspecified atom stereocenters. The quantitative estimate of drug-likeness (QED) is 0.721. The van der Waals surface area contributed by atoms with Crippen LogP contribution in [0.15, 0.2) is 23.0 Å². The van der Waals surface area contributed by atoms with Gasteiger partial charge in [-0.2, -0.15) is 0 Å². The minimum absolute atomic E-state index is 0.105. The Bertz CT molecular complexity index is 1170. The Hall–Kier alpha value is -2.59. The standard InChI is InChI=1S/C20H24FN3O5S/c1-12-4-5-15(14(21)8-12)22-16-13(2)18(25)24-6-7-29-19(24)17(16)23-30(26,27)11-20(3)9-28-10-20/h4-5,8,22-23H,6-7,9-11H2,1-3H3. The van der Waals surface area contributed by atoms with Crippen LogP contribution in [-0.2, 0) is 21.3 Å². The summed E-state index contributed by atoms with van der Waals surface area (Å²) in [7, 11) is -3.80. The lowest BCUT2D eigenvalue weighted by Crippen LogP contribution is -2.46. The second kappa shape index (κ2) is 7.28. The van der Waals surface area contributed by atoms with Crippen LogP contribution in [0.1, 0.15) is 18.1 Å².